The third-order valence-corrected chi connectivity index (χ3v) is 6.75. The maximum absolute atomic E-state index is 12.3. The third kappa shape index (κ3) is 3.81. The zero-order valence-electron chi connectivity index (χ0n) is 14.6. The molecule has 4 saturated carbocycles. The summed E-state index contributed by atoms with van der Waals surface area (Å²) in [5, 5.41) is 9.48. The Hall–Kier alpha value is -1.63. The van der Waals surface area contributed by atoms with Crippen molar-refractivity contribution in [2.24, 2.45) is 17.8 Å². The Balaban J connectivity index is 1.21. The normalized spacial score (nSPS) is 32.4. The van der Waals surface area contributed by atoms with E-state index in [4.69, 9.17) is 0 Å². The van der Waals surface area contributed by atoms with E-state index in [2.05, 4.69) is 20.9 Å². The molecule has 3 amide bonds. The molecule has 4 fully saturated rings. The number of nitrogens with zero attached hydrogens (tertiary/aromatic N) is 1. The first-order valence-corrected chi connectivity index (χ1v) is 10.1. The zero-order chi connectivity index (χ0) is 17.4. The molecule has 1 aromatic rings. The molecule has 7 heteroatoms. The van der Waals surface area contributed by atoms with Gasteiger partial charge in [0, 0.05) is 29.6 Å². The lowest BCUT2D eigenvalue weighted by Gasteiger charge is -2.56. The van der Waals surface area contributed by atoms with Crippen molar-refractivity contribution in [3.05, 3.63) is 11.1 Å². The fourth-order valence-corrected chi connectivity index (χ4v) is 6.11. The quantitative estimate of drug-likeness (QED) is 0.753. The van der Waals surface area contributed by atoms with Gasteiger partial charge in [0.1, 0.15) is 0 Å². The highest BCUT2D eigenvalue weighted by atomic mass is 32.1. The standard InChI is InChI=1S/C18H26N4O2S/c1-11-10-20-17(25-11)21-15(23)2-3-19-16(24)22-18-7-12-4-13(8-18)6-14(5-12)9-18/h10,12-14H,2-9H2,1H3,(H2,19,22,24)(H,20,21,23). The van der Waals surface area contributed by atoms with Crippen LogP contribution in [0.4, 0.5) is 9.93 Å². The van der Waals surface area contributed by atoms with E-state index in [0.29, 0.717) is 11.7 Å². The van der Waals surface area contributed by atoms with Crippen molar-refractivity contribution >= 4 is 28.4 Å². The van der Waals surface area contributed by atoms with Crippen LogP contribution in [0, 0.1) is 24.7 Å². The fourth-order valence-electron chi connectivity index (χ4n) is 5.43. The number of anilines is 1. The molecule has 1 aromatic heterocycles. The average Bonchev–Trinajstić information content (AvgIpc) is 2.90. The molecule has 5 rings (SSSR count). The van der Waals surface area contributed by atoms with Gasteiger partial charge >= 0.3 is 6.03 Å². The van der Waals surface area contributed by atoms with Crippen molar-refractivity contribution in [1.82, 2.24) is 15.6 Å². The van der Waals surface area contributed by atoms with Crippen molar-refractivity contribution in [2.75, 3.05) is 11.9 Å². The third-order valence-electron chi connectivity index (χ3n) is 5.92. The number of amides is 3. The summed E-state index contributed by atoms with van der Waals surface area (Å²) in [6, 6.07) is -0.125. The first-order chi connectivity index (χ1) is 12.0. The van der Waals surface area contributed by atoms with Crippen LogP contribution in [0.3, 0.4) is 0 Å². The molecule has 0 saturated heterocycles. The Kier molecular flexibility index (Phi) is 4.43. The van der Waals surface area contributed by atoms with E-state index in [1.54, 1.807) is 6.20 Å². The molecule has 136 valence electrons. The number of aromatic nitrogens is 1. The van der Waals surface area contributed by atoms with Gasteiger partial charge in [-0.05, 0) is 63.2 Å². The van der Waals surface area contributed by atoms with Crippen molar-refractivity contribution < 1.29 is 9.59 Å². The fraction of sp³-hybridized carbons (Fsp3) is 0.722. The summed E-state index contributed by atoms with van der Waals surface area (Å²) in [5.41, 5.74) is 0.0134. The number of hydrogen-bond acceptors (Lipinski definition) is 4. The van der Waals surface area contributed by atoms with Gasteiger partial charge in [0.05, 0.1) is 0 Å². The number of aryl methyl sites for hydroxylation is 1. The van der Waals surface area contributed by atoms with Crippen LogP contribution in [-0.4, -0.2) is 29.0 Å². The van der Waals surface area contributed by atoms with Gasteiger partial charge in [0.2, 0.25) is 5.91 Å². The van der Waals surface area contributed by atoms with E-state index in [9.17, 15) is 9.59 Å². The Bertz CT molecular complexity index is 637. The highest BCUT2D eigenvalue weighted by Gasteiger charge is 2.51. The van der Waals surface area contributed by atoms with Crippen molar-refractivity contribution in [1.29, 1.82) is 0 Å². The SMILES string of the molecule is Cc1cnc(NC(=O)CCNC(=O)NC23CC4CC(CC(C4)C2)C3)s1. The number of hydrogen-bond donors (Lipinski definition) is 3. The minimum atomic E-state index is -0.125. The number of rotatable bonds is 5. The van der Waals surface area contributed by atoms with Crippen LogP contribution in [0.15, 0.2) is 6.20 Å². The Morgan fingerprint density at radius 3 is 2.40 bits per heavy atom. The molecule has 4 bridgehead atoms. The highest BCUT2D eigenvalue weighted by Crippen LogP contribution is 2.55. The predicted octanol–water partition coefficient (Wildman–Crippen LogP) is 3.05. The lowest BCUT2D eigenvalue weighted by molar-refractivity contribution is -0.116. The van der Waals surface area contributed by atoms with Crippen LogP contribution < -0.4 is 16.0 Å². The summed E-state index contributed by atoms with van der Waals surface area (Å²) in [7, 11) is 0. The largest absolute Gasteiger partial charge is 0.338 e. The van der Waals surface area contributed by atoms with Crippen LogP contribution in [-0.2, 0) is 4.79 Å². The van der Waals surface area contributed by atoms with Crippen LogP contribution in [0.2, 0.25) is 0 Å². The Labute approximate surface area is 152 Å². The number of carbonyl (C=O) groups is 2. The lowest BCUT2D eigenvalue weighted by Crippen LogP contribution is -2.61. The number of urea groups is 1. The summed E-state index contributed by atoms with van der Waals surface area (Å²) in [6.45, 7) is 2.29. The number of carbonyl (C=O) groups excluding carboxylic acids is 2. The van der Waals surface area contributed by atoms with E-state index < -0.39 is 0 Å². The molecule has 0 radical (unpaired) electrons. The van der Waals surface area contributed by atoms with Crippen LogP contribution >= 0.6 is 11.3 Å². The van der Waals surface area contributed by atoms with Gasteiger partial charge < -0.3 is 16.0 Å². The van der Waals surface area contributed by atoms with Crippen molar-refractivity contribution in [3.8, 4) is 0 Å². The average molecular weight is 362 g/mol. The molecule has 0 spiro atoms. The zero-order valence-corrected chi connectivity index (χ0v) is 15.5. The smallest absolute Gasteiger partial charge is 0.315 e. The summed E-state index contributed by atoms with van der Waals surface area (Å²) < 4.78 is 0. The molecule has 4 aliphatic carbocycles. The van der Waals surface area contributed by atoms with Gasteiger partial charge in [-0.2, -0.15) is 0 Å². The topological polar surface area (TPSA) is 83.1 Å². The summed E-state index contributed by atoms with van der Waals surface area (Å²) in [6.07, 6.45) is 9.48. The maximum Gasteiger partial charge on any atom is 0.315 e. The molecule has 0 aliphatic heterocycles. The monoisotopic (exact) mass is 362 g/mol. The van der Waals surface area contributed by atoms with Gasteiger partial charge in [-0.15, -0.1) is 11.3 Å². The molecule has 0 unspecified atom stereocenters. The molecular formula is C18H26N4O2S. The van der Waals surface area contributed by atoms with Crippen molar-refractivity contribution in [3.63, 3.8) is 0 Å². The van der Waals surface area contributed by atoms with Gasteiger partial charge in [-0.25, -0.2) is 9.78 Å². The molecule has 0 atom stereocenters. The van der Waals surface area contributed by atoms with E-state index in [1.165, 1.54) is 30.6 Å². The minimum Gasteiger partial charge on any atom is -0.338 e. The number of nitrogens with one attached hydrogen (secondary N) is 3. The van der Waals surface area contributed by atoms with Crippen LogP contribution in [0.25, 0.3) is 0 Å². The van der Waals surface area contributed by atoms with E-state index in [0.717, 1.165) is 41.9 Å². The first kappa shape index (κ1) is 16.8. The van der Waals surface area contributed by atoms with E-state index in [-0.39, 0.29) is 23.9 Å². The van der Waals surface area contributed by atoms with Gasteiger partial charge in [0.15, 0.2) is 5.13 Å². The molecule has 3 N–H and O–H groups in total. The molecular weight excluding hydrogens is 336 g/mol. The molecule has 4 aliphatic rings. The predicted molar refractivity (Wildman–Crippen MR) is 97.5 cm³/mol. The summed E-state index contributed by atoms with van der Waals surface area (Å²) in [4.78, 5) is 29.4. The summed E-state index contributed by atoms with van der Waals surface area (Å²) in [5.74, 6) is 2.29. The second kappa shape index (κ2) is 6.59. The van der Waals surface area contributed by atoms with Gasteiger partial charge in [0.25, 0.3) is 0 Å². The molecule has 1 heterocycles. The van der Waals surface area contributed by atoms with E-state index >= 15 is 0 Å². The van der Waals surface area contributed by atoms with Crippen LogP contribution in [0.5, 0.6) is 0 Å². The minimum absolute atomic E-state index is 0.0134. The van der Waals surface area contributed by atoms with Crippen LogP contribution in [0.1, 0.15) is 49.8 Å². The molecule has 25 heavy (non-hydrogen) atoms. The Morgan fingerprint density at radius 2 is 1.84 bits per heavy atom. The summed E-state index contributed by atoms with van der Waals surface area (Å²) >= 11 is 1.45. The van der Waals surface area contributed by atoms with E-state index in [1.807, 2.05) is 6.92 Å². The number of thiazole rings is 1. The van der Waals surface area contributed by atoms with Gasteiger partial charge in [-0.3, -0.25) is 4.79 Å². The lowest BCUT2D eigenvalue weighted by atomic mass is 9.53. The Morgan fingerprint density at radius 1 is 1.20 bits per heavy atom. The first-order valence-electron chi connectivity index (χ1n) is 9.28. The second-order valence-electron chi connectivity index (χ2n) is 8.15. The molecule has 6 nitrogen and oxygen atoms in total. The van der Waals surface area contributed by atoms with Gasteiger partial charge in [-0.1, -0.05) is 0 Å². The van der Waals surface area contributed by atoms with Crippen molar-refractivity contribution in [2.45, 2.75) is 57.4 Å². The molecule has 0 aromatic carbocycles. The highest BCUT2D eigenvalue weighted by molar-refractivity contribution is 7.15. The second-order valence-corrected chi connectivity index (χ2v) is 9.39. The maximum atomic E-state index is 12.3.